The third kappa shape index (κ3) is 2.68. The summed E-state index contributed by atoms with van der Waals surface area (Å²) in [5.41, 5.74) is -0.740. The number of nitrogens with zero attached hydrogens (tertiary/aromatic N) is 2. The predicted molar refractivity (Wildman–Crippen MR) is 96.0 cm³/mol. The van der Waals surface area contributed by atoms with Crippen molar-refractivity contribution in [1.82, 2.24) is 19.5 Å². The summed E-state index contributed by atoms with van der Waals surface area (Å²) in [5.74, 6) is 0.566. The van der Waals surface area contributed by atoms with Crippen LogP contribution >= 0.6 is 7.60 Å². The average Bonchev–Trinajstić information content (AvgIpc) is 3.11. The molecule has 4 N–H and O–H groups in total. The first-order valence-corrected chi connectivity index (χ1v) is 9.38. The number of rotatable bonds is 3. The van der Waals surface area contributed by atoms with Crippen molar-refractivity contribution in [2.45, 2.75) is 6.29 Å². The molecule has 0 aliphatic rings. The van der Waals surface area contributed by atoms with Crippen LogP contribution < -0.4 is 11.1 Å². The molecule has 0 radical (unpaired) electrons. The molecule has 2 heterocycles. The van der Waals surface area contributed by atoms with Gasteiger partial charge in [0.2, 0.25) is 0 Å². The maximum atomic E-state index is 12.3. The molecule has 2 aromatic carbocycles. The fraction of sp³-hybridized carbons (Fsp3) is 0.0625. The minimum atomic E-state index is -4.59. The number of fused-ring (bicyclic) bond motifs is 3. The Morgan fingerprint density at radius 2 is 1.88 bits per heavy atom. The van der Waals surface area contributed by atoms with E-state index in [-0.39, 0.29) is 11.0 Å². The van der Waals surface area contributed by atoms with Gasteiger partial charge in [-0.3, -0.25) is 18.7 Å². The molecule has 26 heavy (non-hydrogen) atoms. The van der Waals surface area contributed by atoms with Crippen LogP contribution in [0.3, 0.4) is 0 Å². The van der Waals surface area contributed by atoms with Crippen molar-refractivity contribution in [2.24, 2.45) is 0 Å². The second-order valence-electron chi connectivity index (χ2n) is 5.80. The van der Waals surface area contributed by atoms with Gasteiger partial charge >= 0.3 is 18.7 Å². The van der Waals surface area contributed by atoms with E-state index in [1.165, 1.54) is 0 Å². The van der Waals surface area contributed by atoms with Crippen molar-refractivity contribution in [1.29, 1.82) is 0 Å². The van der Waals surface area contributed by atoms with Crippen molar-refractivity contribution in [3.8, 4) is 11.4 Å². The smallest absolute Gasteiger partial charge is 0.345 e. The van der Waals surface area contributed by atoms with Gasteiger partial charge in [-0.15, -0.1) is 0 Å². The fourth-order valence-electron chi connectivity index (χ4n) is 3.07. The van der Waals surface area contributed by atoms with Gasteiger partial charge in [-0.25, -0.2) is 4.98 Å². The topological polar surface area (TPSA) is 141 Å². The van der Waals surface area contributed by atoms with Crippen molar-refractivity contribution in [2.75, 3.05) is 0 Å². The monoisotopic (exact) mass is 372 g/mol. The maximum absolute atomic E-state index is 12.3. The summed E-state index contributed by atoms with van der Waals surface area (Å²) in [6, 6.07) is 8.71. The van der Waals surface area contributed by atoms with Gasteiger partial charge in [0.25, 0.3) is 0 Å². The van der Waals surface area contributed by atoms with Crippen molar-refractivity contribution < 1.29 is 14.4 Å². The minimum absolute atomic E-state index is 0.254. The lowest BCUT2D eigenvalue weighted by Crippen LogP contribution is -2.36. The van der Waals surface area contributed by atoms with Crippen LogP contribution in [0.2, 0.25) is 0 Å². The van der Waals surface area contributed by atoms with Gasteiger partial charge in [0.1, 0.15) is 12.1 Å². The van der Waals surface area contributed by atoms with Crippen LogP contribution in [0.5, 0.6) is 0 Å². The maximum Gasteiger partial charge on any atom is 0.345 e. The first-order chi connectivity index (χ1) is 12.3. The molecule has 9 nitrogen and oxygen atoms in total. The lowest BCUT2D eigenvalue weighted by atomic mass is 10.0. The molecular formula is C16H13N4O5P. The highest BCUT2D eigenvalue weighted by atomic mass is 31.2. The number of hydrogen-bond acceptors (Lipinski definition) is 4. The number of aromatic amines is 2. The molecule has 0 amide bonds. The van der Waals surface area contributed by atoms with Crippen LogP contribution in [0.25, 0.3) is 33.2 Å². The Kier molecular flexibility index (Phi) is 3.66. The Hall–Kier alpha value is -3.00. The number of imidazole rings is 1. The van der Waals surface area contributed by atoms with Crippen molar-refractivity contribution in [3.63, 3.8) is 0 Å². The number of benzene rings is 2. The first kappa shape index (κ1) is 16.5. The zero-order valence-corrected chi connectivity index (χ0v) is 14.1. The summed E-state index contributed by atoms with van der Waals surface area (Å²) in [4.78, 5) is 52.7. The summed E-state index contributed by atoms with van der Waals surface area (Å²) < 4.78 is 12.3. The van der Waals surface area contributed by atoms with Crippen LogP contribution in [0.4, 0.5) is 0 Å². The Balaban J connectivity index is 2.22. The zero-order valence-electron chi connectivity index (χ0n) is 13.2. The number of hydrogen-bond donors (Lipinski definition) is 4. The standard InChI is InChI=1S/C16H13N4O5P/c21-15-16(22)20(8-26(23,24)25)13-10-4-2-1-3-9(10)11(7-12(13)19-15)14-17-5-6-18-14/h1-7H,8H2,(H,17,18)(H,19,21)(H2,23,24,25). The van der Waals surface area contributed by atoms with E-state index in [2.05, 4.69) is 15.0 Å². The van der Waals surface area contributed by atoms with E-state index in [9.17, 15) is 23.9 Å². The second-order valence-corrected chi connectivity index (χ2v) is 7.41. The van der Waals surface area contributed by atoms with E-state index in [0.717, 1.165) is 9.95 Å². The van der Waals surface area contributed by atoms with Gasteiger partial charge in [0, 0.05) is 23.3 Å². The highest BCUT2D eigenvalue weighted by Gasteiger charge is 2.21. The molecule has 10 heteroatoms. The largest absolute Gasteiger partial charge is 0.345 e. The summed E-state index contributed by atoms with van der Waals surface area (Å²) in [6.45, 7) is 0. The molecule has 0 bridgehead atoms. The lowest BCUT2D eigenvalue weighted by molar-refractivity contribution is 0.362. The number of H-pyrrole nitrogens is 2. The van der Waals surface area contributed by atoms with Gasteiger partial charge in [0.15, 0.2) is 0 Å². The Morgan fingerprint density at radius 1 is 1.15 bits per heavy atom. The van der Waals surface area contributed by atoms with E-state index in [0.29, 0.717) is 16.8 Å². The van der Waals surface area contributed by atoms with Crippen LogP contribution in [0, 0.1) is 0 Å². The van der Waals surface area contributed by atoms with Gasteiger partial charge in [-0.2, -0.15) is 0 Å². The zero-order chi connectivity index (χ0) is 18.5. The predicted octanol–water partition coefficient (Wildman–Crippen LogP) is 1.37. The molecule has 132 valence electrons. The first-order valence-electron chi connectivity index (χ1n) is 7.58. The quantitative estimate of drug-likeness (QED) is 0.243. The second kappa shape index (κ2) is 5.77. The van der Waals surface area contributed by atoms with Gasteiger partial charge in [-0.1, -0.05) is 24.3 Å². The van der Waals surface area contributed by atoms with E-state index in [1.54, 1.807) is 36.7 Å². The van der Waals surface area contributed by atoms with E-state index >= 15 is 0 Å². The number of nitrogens with one attached hydrogen (secondary N) is 2. The Bertz CT molecular complexity index is 1300. The highest BCUT2D eigenvalue weighted by molar-refractivity contribution is 7.50. The van der Waals surface area contributed by atoms with E-state index < -0.39 is 25.0 Å². The van der Waals surface area contributed by atoms with Gasteiger partial charge in [-0.05, 0) is 11.5 Å². The molecule has 0 spiro atoms. The Morgan fingerprint density at radius 3 is 2.54 bits per heavy atom. The molecule has 0 fully saturated rings. The lowest BCUT2D eigenvalue weighted by Gasteiger charge is -2.14. The van der Waals surface area contributed by atoms with Crippen LogP contribution in [-0.4, -0.2) is 29.3 Å². The van der Waals surface area contributed by atoms with Crippen LogP contribution in [0.15, 0.2) is 52.3 Å². The SMILES string of the molecule is O=c1[nH]c2cc(-c3ncc[nH]3)c3ccccc3c2n(CP(=O)(O)O)c1=O. The van der Waals surface area contributed by atoms with Crippen LogP contribution in [-0.2, 0) is 10.9 Å². The van der Waals surface area contributed by atoms with Crippen LogP contribution in [0.1, 0.15) is 0 Å². The summed E-state index contributed by atoms with van der Waals surface area (Å²) in [5, 5.41) is 1.29. The molecule has 0 saturated heterocycles. The third-order valence-electron chi connectivity index (χ3n) is 4.05. The van der Waals surface area contributed by atoms with Crippen molar-refractivity contribution in [3.05, 3.63) is 63.4 Å². The number of aromatic nitrogens is 4. The van der Waals surface area contributed by atoms with Gasteiger partial charge in [0.05, 0.1) is 11.0 Å². The summed E-state index contributed by atoms with van der Waals surface area (Å²) in [6.07, 6.45) is 2.37. The van der Waals surface area contributed by atoms with Gasteiger partial charge < -0.3 is 19.8 Å². The van der Waals surface area contributed by atoms with E-state index in [4.69, 9.17) is 0 Å². The molecule has 0 atom stereocenters. The molecule has 4 rings (SSSR count). The average molecular weight is 372 g/mol. The molecule has 2 aromatic heterocycles. The molecule has 0 aliphatic carbocycles. The summed E-state index contributed by atoms with van der Waals surface area (Å²) >= 11 is 0. The minimum Gasteiger partial charge on any atom is -0.345 e. The Labute approximate surface area is 145 Å². The summed E-state index contributed by atoms with van der Waals surface area (Å²) in [7, 11) is -4.59. The molecular weight excluding hydrogens is 359 g/mol. The van der Waals surface area contributed by atoms with Crippen molar-refractivity contribution >= 4 is 29.4 Å². The fourth-order valence-corrected chi connectivity index (χ4v) is 3.71. The molecule has 4 aromatic rings. The third-order valence-corrected chi connectivity index (χ3v) is 4.70. The normalized spacial score (nSPS) is 12.1. The molecule has 0 unspecified atom stereocenters. The molecule has 0 saturated carbocycles. The van der Waals surface area contributed by atoms with E-state index in [1.807, 2.05) is 6.07 Å². The highest BCUT2D eigenvalue weighted by Crippen LogP contribution is 2.38. The molecule has 0 aliphatic heterocycles.